The second-order valence-electron chi connectivity index (χ2n) is 18.7. The molecule has 0 amide bonds. The number of aliphatic hydroxyl groups excluding tert-OH is 3. The summed E-state index contributed by atoms with van der Waals surface area (Å²) in [6.07, 6.45) is -4.84. The average Bonchev–Trinajstić information content (AvgIpc) is 3.31. The molecule has 3 heterocycles. The van der Waals surface area contributed by atoms with Gasteiger partial charge in [0.1, 0.15) is 36.6 Å². The highest BCUT2D eigenvalue weighted by Gasteiger charge is 2.48. The summed E-state index contributed by atoms with van der Waals surface area (Å²) in [6, 6.07) is 4.52. The lowest BCUT2D eigenvalue weighted by atomic mass is 9.79. The molecule has 0 saturated carbocycles. The van der Waals surface area contributed by atoms with Crippen LogP contribution in [0.4, 0.5) is 5.69 Å². The monoisotopic (exact) mass is 990 g/mol. The van der Waals surface area contributed by atoms with Crippen LogP contribution in [0, 0.1) is 33.8 Å². The molecule has 392 valence electrons. The van der Waals surface area contributed by atoms with Gasteiger partial charge in [0.05, 0.1) is 61.9 Å². The lowest BCUT2D eigenvalue weighted by Gasteiger charge is -2.46. The third kappa shape index (κ3) is 15.8. The van der Waals surface area contributed by atoms with Gasteiger partial charge in [0, 0.05) is 50.2 Å². The molecule has 1 aromatic carbocycles. The molecule has 0 radical (unpaired) electrons. The third-order valence-electron chi connectivity index (χ3n) is 13.4. The largest absolute Gasteiger partial charge is 0.466 e. The van der Waals surface area contributed by atoms with Crippen molar-refractivity contribution in [2.45, 2.75) is 153 Å². The van der Waals surface area contributed by atoms with Crippen molar-refractivity contribution >= 4 is 29.4 Å². The highest BCUT2D eigenvalue weighted by molar-refractivity contribution is 5.91. The highest BCUT2D eigenvalue weighted by Crippen LogP contribution is 2.36. The van der Waals surface area contributed by atoms with Gasteiger partial charge in [-0.3, -0.25) is 24.5 Å². The molecule has 20 heteroatoms. The lowest BCUT2D eigenvalue weighted by molar-refractivity contribution is -0.384. The van der Waals surface area contributed by atoms with Crippen molar-refractivity contribution in [3.8, 4) is 0 Å². The minimum absolute atomic E-state index is 0.0728. The zero-order chi connectivity index (χ0) is 52.0. The summed E-state index contributed by atoms with van der Waals surface area (Å²) in [5.74, 6) is -5.36. The average molecular weight is 991 g/mol. The number of hydrogen-bond acceptors (Lipinski definition) is 19. The summed E-state index contributed by atoms with van der Waals surface area (Å²) < 4.78 is 53.7. The lowest BCUT2D eigenvalue weighted by Crippen LogP contribution is -2.63. The van der Waals surface area contributed by atoms with Crippen LogP contribution in [0.25, 0.3) is 0 Å². The van der Waals surface area contributed by atoms with E-state index < -0.39 is 133 Å². The number of non-ortho nitro benzene ring substituents is 1. The van der Waals surface area contributed by atoms with Crippen molar-refractivity contribution in [3.63, 3.8) is 0 Å². The van der Waals surface area contributed by atoms with Gasteiger partial charge < -0.3 is 62.9 Å². The van der Waals surface area contributed by atoms with Gasteiger partial charge in [-0.05, 0) is 71.7 Å². The van der Waals surface area contributed by atoms with Crippen LogP contribution in [0.3, 0.4) is 0 Å². The van der Waals surface area contributed by atoms with Gasteiger partial charge >= 0.3 is 17.9 Å². The minimum atomic E-state index is -1.42. The number of likely N-dealkylation sites (N-methyl/N-ethyl adjacent to an activating group) is 1. The Balaban J connectivity index is 1.83. The van der Waals surface area contributed by atoms with E-state index in [0.717, 1.165) is 0 Å². The van der Waals surface area contributed by atoms with Gasteiger partial charge in [-0.2, -0.15) is 0 Å². The SMILES string of the molecule is CC[C@H]1OC(=O)C[C@@H](OC(=O)Cc2ccc([N+](=O)[O-])cc2)[C@H](C)[C@@H](O[C@H]2O[C@@H](C)[C@H](O)[C@@H](N(C)C)[C@@H]2O)[C@@H](C/C=C/C(=O)OC)C[C@@H](C)C(=O)/C=C/C(C)=C/[C@@H]1CO[C@@H]1O[C@H](C)[C@@H](O)[C@@H](OC)[C@H]1OC. The van der Waals surface area contributed by atoms with Gasteiger partial charge in [0.15, 0.2) is 18.4 Å². The maximum atomic E-state index is 14.4. The molecule has 3 aliphatic rings. The van der Waals surface area contributed by atoms with Crippen molar-refractivity contribution in [1.29, 1.82) is 0 Å². The van der Waals surface area contributed by atoms with Crippen molar-refractivity contribution < 1.29 is 82.1 Å². The Hall–Kier alpha value is -4.48. The molecule has 0 unspecified atom stereocenters. The topological polar surface area (TPSA) is 258 Å². The first-order valence-electron chi connectivity index (χ1n) is 23.8. The van der Waals surface area contributed by atoms with E-state index in [-0.39, 0.29) is 43.8 Å². The van der Waals surface area contributed by atoms with Gasteiger partial charge in [0.25, 0.3) is 5.69 Å². The number of aliphatic hydroxyl groups is 3. The van der Waals surface area contributed by atoms with Crippen molar-refractivity contribution in [3.05, 3.63) is 75.9 Å². The molecule has 4 rings (SSSR count). The molecule has 1 aromatic rings. The van der Waals surface area contributed by atoms with E-state index in [1.807, 2.05) is 13.0 Å². The predicted molar refractivity (Wildman–Crippen MR) is 252 cm³/mol. The summed E-state index contributed by atoms with van der Waals surface area (Å²) >= 11 is 0. The molecule has 17 atom stereocenters. The maximum Gasteiger partial charge on any atom is 0.330 e. The molecular formula is C50H74N2O18. The first kappa shape index (κ1) is 58.1. The first-order valence-corrected chi connectivity index (χ1v) is 23.8. The number of ketones is 1. The van der Waals surface area contributed by atoms with Gasteiger partial charge in [0.2, 0.25) is 0 Å². The highest BCUT2D eigenvalue weighted by atomic mass is 16.7. The van der Waals surface area contributed by atoms with Gasteiger partial charge in [-0.15, -0.1) is 0 Å². The fraction of sp³-hybridized carbons (Fsp3) is 0.680. The molecule has 2 fully saturated rings. The van der Waals surface area contributed by atoms with E-state index in [2.05, 4.69) is 0 Å². The van der Waals surface area contributed by atoms with Crippen molar-refractivity contribution in [2.24, 2.45) is 23.7 Å². The summed E-state index contributed by atoms with van der Waals surface area (Å²) in [7, 11) is 7.49. The number of esters is 3. The molecule has 3 N–H and O–H groups in total. The number of allylic oxidation sites excluding steroid dienone is 4. The number of hydrogen-bond donors (Lipinski definition) is 3. The Labute approximate surface area is 410 Å². The summed E-state index contributed by atoms with van der Waals surface area (Å²) in [4.78, 5) is 67.2. The number of cyclic esters (lactones) is 1. The fourth-order valence-corrected chi connectivity index (χ4v) is 9.29. The number of nitrogens with zero attached hydrogens (tertiary/aromatic N) is 2. The minimum Gasteiger partial charge on any atom is -0.466 e. The normalized spacial score (nSPS) is 36.2. The van der Waals surface area contributed by atoms with Crippen LogP contribution in [0.15, 0.2) is 60.2 Å². The number of ether oxygens (including phenoxy) is 9. The molecular weight excluding hydrogens is 917 g/mol. The second kappa shape index (κ2) is 27.4. The van der Waals surface area contributed by atoms with Gasteiger partial charge in [-0.1, -0.05) is 56.7 Å². The van der Waals surface area contributed by atoms with Crippen molar-refractivity contribution in [1.82, 2.24) is 4.90 Å². The van der Waals surface area contributed by atoms with Crippen LogP contribution in [0.5, 0.6) is 0 Å². The van der Waals surface area contributed by atoms with E-state index in [1.54, 1.807) is 65.8 Å². The van der Waals surface area contributed by atoms with Crippen LogP contribution in [0.2, 0.25) is 0 Å². The Morgan fingerprint density at radius 1 is 0.900 bits per heavy atom. The number of carbonyl (C=O) groups is 4. The number of benzene rings is 1. The Bertz CT molecular complexity index is 1980. The third-order valence-corrected chi connectivity index (χ3v) is 13.4. The number of nitro benzene ring substituents is 1. The molecule has 2 saturated heterocycles. The quantitative estimate of drug-likeness (QED) is 0.0700. The molecule has 0 aromatic heterocycles. The Kier molecular flexibility index (Phi) is 22.7. The van der Waals surface area contributed by atoms with E-state index in [4.69, 9.17) is 42.6 Å². The number of rotatable bonds is 16. The maximum absolute atomic E-state index is 14.4. The van der Waals surface area contributed by atoms with Crippen LogP contribution < -0.4 is 0 Å². The molecule has 0 aliphatic carbocycles. The fourth-order valence-electron chi connectivity index (χ4n) is 9.29. The predicted octanol–water partition coefficient (Wildman–Crippen LogP) is 3.79. The van der Waals surface area contributed by atoms with Crippen LogP contribution in [0.1, 0.15) is 72.8 Å². The molecule has 0 spiro atoms. The first-order chi connectivity index (χ1) is 33.1. The van der Waals surface area contributed by atoms with Crippen LogP contribution in [-0.4, -0.2) is 171 Å². The standard InChI is InChI=1S/C50H74N2O18/c1-12-37-34(26-65-50-48(64-11)47(63-10)44(58)31(6)67-50)22-27(2)16-21-36(53)28(3)23-33(14-13-15-39(54)62-9)46(70-49-45(59)42(51(7)8)43(57)30(5)66-49)29(4)38(25-41(56)68-37)69-40(55)24-32-17-19-35(20-18-32)52(60)61/h13,15-22,28-31,33-34,37-38,42-50,57-59H,12,14,23-26H2,1-11H3/b15-13+,21-16+,27-22+/t28-,29+,30+,31-,33+,34-,37-,38-,42-,43+,44-,45+,46-,47-,48-,49-,50-/m1/s1. The zero-order valence-electron chi connectivity index (χ0n) is 42.1. The number of nitro groups is 1. The zero-order valence-corrected chi connectivity index (χ0v) is 42.1. The molecule has 0 bridgehead atoms. The van der Waals surface area contributed by atoms with E-state index in [9.17, 15) is 44.6 Å². The number of carbonyl (C=O) groups excluding carboxylic acids is 4. The summed E-state index contributed by atoms with van der Waals surface area (Å²) in [5, 5.41) is 44.9. The van der Waals surface area contributed by atoms with E-state index in [0.29, 0.717) is 11.1 Å². The second-order valence-corrected chi connectivity index (χ2v) is 18.7. The molecule has 20 nitrogen and oxygen atoms in total. The molecule has 3 aliphatic heterocycles. The smallest absolute Gasteiger partial charge is 0.330 e. The Morgan fingerprint density at radius 3 is 2.14 bits per heavy atom. The van der Waals surface area contributed by atoms with E-state index in [1.165, 1.54) is 57.7 Å². The van der Waals surface area contributed by atoms with Crippen LogP contribution >= 0.6 is 0 Å². The van der Waals surface area contributed by atoms with Crippen LogP contribution in [-0.2, 0) is 68.2 Å². The van der Waals surface area contributed by atoms with E-state index >= 15 is 0 Å². The van der Waals surface area contributed by atoms with Gasteiger partial charge in [-0.25, -0.2) is 4.79 Å². The van der Waals surface area contributed by atoms with Crippen molar-refractivity contribution in [2.75, 3.05) is 42.0 Å². The summed E-state index contributed by atoms with van der Waals surface area (Å²) in [5.41, 5.74) is 0.861. The summed E-state index contributed by atoms with van der Waals surface area (Å²) in [6.45, 7) is 10.3. The Morgan fingerprint density at radius 2 is 1.54 bits per heavy atom. The number of methoxy groups -OCH3 is 3. The molecule has 70 heavy (non-hydrogen) atoms.